The van der Waals surface area contributed by atoms with Crippen LogP contribution in [0.15, 0.2) is 0 Å². The summed E-state index contributed by atoms with van der Waals surface area (Å²) in [7, 11) is 1.92. The second-order valence-corrected chi connectivity index (χ2v) is 6.79. The molecule has 0 radical (unpaired) electrons. The number of amides is 2. The number of rotatable bonds is 3. The molecule has 4 nitrogen and oxygen atoms in total. The fourth-order valence-electron chi connectivity index (χ4n) is 3.67. The molecule has 2 amide bonds. The number of aliphatic hydroxyl groups excluding tert-OH is 1. The van der Waals surface area contributed by atoms with Crippen LogP contribution in [-0.4, -0.2) is 41.8 Å². The van der Waals surface area contributed by atoms with Gasteiger partial charge in [-0.05, 0) is 50.4 Å². The van der Waals surface area contributed by atoms with E-state index in [0.717, 1.165) is 32.1 Å². The summed E-state index contributed by atoms with van der Waals surface area (Å²) >= 11 is 0. The molecule has 0 heterocycles. The maximum Gasteiger partial charge on any atom is 0.317 e. The van der Waals surface area contributed by atoms with E-state index < -0.39 is 0 Å². The zero-order chi connectivity index (χ0) is 14.5. The van der Waals surface area contributed by atoms with Crippen LogP contribution in [0.2, 0.25) is 0 Å². The molecule has 116 valence electrons. The molecule has 2 fully saturated rings. The standard InChI is InChI=1S/C16H30N2O2/c1-12-5-3-4-6-15(12)17-16(20)18(2)14-9-7-13(11-19)8-10-14/h12-15,19H,3-11H2,1-2H3,(H,17,20). The van der Waals surface area contributed by atoms with Gasteiger partial charge < -0.3 is 15.3 Å². The highest BCUT2D eigenvalue weighted by Crippen LogP contribution is 2.27. The number of nitrogens with one attached hydrogen (secondary N) is 1. The molecule has 2 unspecified atom stereocenters. The largest absolute Gasteiger partial charge is 0.396 e. The average molecular weight is 282 g/mol. The van der Waals surface area contributed by atoms with Crippen LogP contribution in [0.4, 0.5) is 4.79 Å². The van der Waals surface area contributed by atoms with Crippen LogP contribution in [0.3, 0.4) is 0 Å². The number of urea groups is 1. The number of nitrogens with zero attached hydrogens (tertiary/aromatic N) is 1. The maximum absolute atomic E-state index is 12.4. The molecule has 0 aromatic carbocycles. The minimum absolute atomic E-state index is 0.0937. The van der Waals surface area contributed by atoms with Gasteiger partial charge in [-0.1, -0.05) is 19.8 Å². The van der Waals surface area contributed by atoms with Crippen LogP contribution < -0.4 is 5.32 Å². The molecule has 0 aliphatic heterocycles. The van der Waals surface area contributed by atoms with Crippen LogP contribution in [-0.2, 0) is 0 Å². The Hall–Kier alpha value is -0.770. The van der Waals surface area contributed by atoms with Crippen LogP contribution >= 0.6 is 0 Å². The summed E-state index contributed by atoms with van der Waals surface area (Å²) in [4.78, 5) is 14.3. The minimum Gasteiger partial charge on any atom is -0.396 e. The Kier molecular flexibility index (Phi) is 5.70. The van der Waals surface area contributed by atoms with E-state index in [1.165, 1.54) is 19.3 Å². The number of hydrogen-bond acceptors (Lipinski definition) is 2. The second kappa shape index (κ2) is 7.30. The van der Waals surface area contributed by atoms with Crippen molar-refractivity contribution in [1.29, 1.82) is 0 Å². The van der Waals surface area contributed by atoms with E-state index in [1.54, 1.807) is 0 Å². The highest BCUT2D eigenvalue weighted by Gasteiger charge is 2.29. The third kappa shape index (κ3) is 3.87. The van der Waals surface area contributed by atoms with Gasteiger partial charge in [0.1, 0.15) is 0 Å². The lowest BCUT2D eigenvalue weighted by molar-refractivity contribution is 0.129. The van der Waals surface area contributed by atoms with Gasteiger partial charge in [-0.25, -0.2) is 4.79 Å². The third-order valence-corrected chi connectivity index (χ3v) is 5.36. The number of hydrogen-bond donors (Lipinski definition) is 2. The first kappa shape index (κ1) is 15.6. The second-order valence-electron chi connectivity index (χ2n) is 6.79. The number of carbonyl (C=O) groups excluding carboxylic acids is 1. The summed E-state index contributed by atoms with van der Waals surface area (Å²) in [5, 5.41) is 12.4. The Balaban J connectivity index is 1.79. The fourth-order valence-corrected chi connectivity index (χ4v) is 3.67. The molecular formula is C16H30N2O2. The zero-order valence-corrected chi connectivity index (χ0v) is 13.0. The molecule has 0 spiro atoms. The van der Waals surface area contributed by atoms with Crippen LogP contribution in [0.5, 0.6) is 0 Å². The summed E-state index contributed by atoms with van der Waals surface area (Å²) < 4.78 is 0. The summed E-state index contributed by atoms with van der Waals surface area (Å²) in [6.45, 7) is 2.54. The third-order valence-electron chi connectivity index (χ3n) is 5.36. The lowest BCUT2D eigenvalue weighted by Gasteiger charge is -2.36. The molecule has 0 aromatic heterocycles. The van der Waals surface area contributed by atoms with Crippen LogP contribution in [0, 0.1) is 11.8 Å². The van der Waals surface area contributed by atoms with Crippen molar-refractivity contribution in [1.82, 2.24) is 10.2 Å². The van der Waals surface area contributed by atoms with E-state index >= 15 is 0 Å². The molecule has 2 aliphatic carbocycles. The van der Waals surface area contributed by atoms with Crippen LogP contribution in [0.25, 0.3) is 0 Å². The Morgan fingerprint density at radius 1 is 1.15 bits per heavy atom. The molecule has 2 saturated carbocycles. The van der Waals surface area contributed by atoms with E-state index in [-0.39, 0.29) is 6.03 Å². The van der Waals surface area contributed by atoms with E-state index in [4.69, 9.17) is 0 Å². The van der Waals surface area contributed by atoms with Crippen molar-refractivity contribution in [2.24, 2.45) is 11.8 Å². The number of aliphatic hydroxyl groups is 1. The fraction of sp³-hybridized carbons (Fsp3) is 0.938. The van der Waals surface area contributed by atoms with Crippen molar-refractivity contribution in [2.75, 3.05) is 13.7 Å². The smallest absolute Gasteiger partial charge is 0.317 e. The zero-order valence-electron chi connectivity index (χ0n) is 13.0. The monoisotopic (exact) mass is 282 g/mol. The normalized spacial score (nSPS) is 34.5. The van der Waals surface area contributed by atoms with Crippen LogP contribution in [0.1, 0.15) is 58.3 Å². The summed E-state index contributed by atoms with van der Waals surface area (Å²) in [6.07, 6.45) is 9.02. The van der Waals surface area contributed by atoms with Gasteiger partial charge in [0.2, 0.25) is 0 Å². The molecule has 4 heteroatoms. The Labute approximate surface area is 122 Å². The predicted molar refractivity (Wildman–Crippen MR) is 80.5 cm³/mol. The quantitative estimate of drug-likeness (QED) is 0.836. The van der Waals surface area contributed by atoms with Gasteiger partial charge in [-0.15, -0.1) is 0 Å². The molecule has 0 aromatic rings. The molecule has 20 heavy (non-hydrogen) atoms. The van der Waals surface area contributed by atoms with Gasteiger partial charge >= 0.3 is 6.03 Å². The highest BCUT2D eigenvalue weighted by molar-refractivity contribution is 5.74. The van der Waals surface area contributed by atoms with Gasteiger partial charge in [-0.2, -0.15) is 0 Å². The lowest BCUT2D eigenvalue weighted by atomic mass is 9.85. The van der Waals surface area contributed by atoms with Crippen molar-refractivity contribution < 1.29 is 9.90 Å². The van der Waals surface area contributed by atoms with Gasteiger partial charge in [0, 0.05) is 25.7 Å². The first-order chi connectivity index (χ1) is 9.61. The molecule has 2 N–H and O–H groups in total. The summed E-state index contributed by atoms with van der Waals surface area (Å²) in [6, 6.07) is 0.792. The van der Waals surface area contributed by atoms with Crippen molar-refractivity contribution in [3.05, 3.63) is 0 Å². The molecule has 2 atom stereocenters. The van der Waals surface area contributed by atoms with Gasteiger partial charge in [0.05, 0.1) is 0 Å². The van der Waals surface area contributed by atoms with Crippen molar-refractivity contribution in [3.8, 4) is 0 Å². The SMILES string of the molecule is CC1CCCCC1NC(=O)N(C)C1CCC(CO)CC1. The summed E-state index contributed by atoms with van der Waals surface area (Å²) in [5.74, 6) is 1.05. The highest BCUT2D eigenvalue weighted by atomic mass is 16.3. The Morgan fingerprint density at radius 2 is 1.80 bits per heavy atom. The Morgan fingerprint density at radius 3 is 2.40 bits per heavy atom. The minimum atomic E-state index is 0.0937. The van der Waals surface area contributed by atoms with E-state index in [0.29, 0.717) is 30.5 Å². The van der Waals surface area contributed by atoms with Crippen molar-refractivity contribution in [3.63, 3.8) is 0 Å². The topological polar surface area (TPSA) is 52.6 Å². The average Bonchev–Trinajstić information content (AvgIpc) is 2.49. The first-order valence-corrected chi connectivity index (χ1v) is 8.26. The van der Waals surface area contributed by atoms with Gasteiger partial charge in [-0.3, -0.25) is 0 Å². The van der Waals surface area contributed by atoms with Gasteiger partial charge in [0.15, 0.2) is 0 Å². The molecule has 0 bridgehead atoms. The molecule has 0 saturated heterocycles. The van der Waals surface area contributed by atoms with Crippen molar-refractivity contribution in [2.45, 2.75) is 70.4 Å². The molecular weight excluding hydrogens is 252 g/mol. The predicted octanol–water partition coefficient (Wildman–Crippen LogP) is 2.76. The number of carbonyl (C=O) groups is 1. The van der Waals surface area contributed by atoms with E-state index in [1.807, 2.05) is 11.9 Å². The Bertz CT molecular complexity index is 314. The molecule has 2 rings (SSSR count). The first-order valence-electron chi connectivity index (χ1n) is 8.26. The van der Waals surface area contributed by atoms with E-state index in [2.05, 4.69) is 12.2 Å². The molecule has 2 aliphatic rings. The van der Waals surface area contributed by atoms with Gasteiger partial charge in [0.25, 0.3) is 0 Å². The summed E-state index contributed by atoms with van der Waals surface area (Å²) in [5.41, 5.74) is 0. The van der Waals surface area contributed by atoms with Crippen molar-refractivity contribution >= 4 is 6.03 Å². The van der Waals surface area contributed by atoms with E-state index in [9.17, 15) is 9.90 Å². The lowest BCUT2D eigenvalue weighted by Crippen LogP contribution is -2.50. The maximum atomic E-state index is 12.4.